The average Bonchev–Trinajstić information content (AvgIpc) is 3.44. The van der Waals surface area contributed by atoms with Crippen LogP contribution in [0.5, 0.6) is 0 Å². The van der Waals surface area contributed by atoms with Gasteiger partial charge in [0, 0.05) is 35.2 Å². The van der Waals surface area contributed by atoms with E-state index < -0.39 is 71.6 Å². The summed E-state index contributed by atoms with van der Waals surface area (Å²) in [5.74, 6) is -4.56. The number of ether oxygens (including phenoxy) is 2. The molecule has 0 aliphatic carbocycles. The Balaban J connectivity index is 1.87. The van der Waals surface area contributed by atoms with Crippen LogP contribution in [0.3, 0.4) is 0 Å². The van der Waals surface area contributed by atoms with E-state index in [1.165, 1.54) is 0 Å². The van der Waals surface area contributed by atoms with Gasteiger partial charge < -0.3 is 25.1 Å². The van der Waals surface area contributed by atoms with Gasteiger partial charge in [-0.25, -0.2) is 0 Å². The summed E-state index contributed by atoms with van der Waals surface area (Å²) < 4.78 is 10.9. The normalized spacial score (nSPS) is 13.6. The molecule has 11 nitrogen and oxygen atoms in total. The first-order valence-corrected chi connectivity index (χ1v) is 18.0. The zero-order chi connectivity index (χ0) is 38.8. The van der Waals surface area contributed by atoms with E-state index >= 15 is 0 Å². The molecule has 0 aliphatic rings. The van der Waals surface area contributed by atoms with Gasteiger partial charge in [-0.3, -0.25) is 28.8 Å². The summed E-state index contributed by atoms with van der Waals surface area (Å²) >= 11 is 6.11. The molecule has 282 valence electrons. The van der Waals surface area contributed by atoms with Gasteiger partial charge in [0.1, 0.15) is 16.9 Å². The molecule has 3 aromatic rings. The largest absolute Gasteiger partial charge is 0.460 e. The number of H-pyrrole nitrogens is 1. The van der Waals surface area contributed by atoms with E-state index in [0.29, 0.717) is 10.5 Å². The summed E-state index contributed by atoms with van der Waals surface area (Å²) in [5, 5.41) is 6.78. The lowest BCUT2D eigenvalue weighted by Crippen LogP contribution is -2.47. The van der Waals surface area contributed by atoms with Crippen LogP contribution >= 0.6 is 11.6 Å². The molecule has 0 saturated heterocycles. The molecule has 0 bridgehead atoms. The number of rotatable bonds is 17. The number of nitrogens with one attached hydrogen (secondary N) is 3. The predicted octanol–water partition coefficient (Wildman–Crippen LogP) is 6.69. The van der Waals surface area contributed by atoms with Gasteiger partial charge in [-0.15, -0.1) is 0 Å². The zero-order valence-corrected chi connectivity index (χ0v) is 32.1. The Morgan fingerprint density at radius 3 is 2.02 bits per heavy atom. The molecule has 52 heavy (non-hydrogen) atoms. The number of aromatic amines is 1. The lowest BCUT2D eigenvalue weighted by molar-refractivity contribution is -0.157. The van der Waals surface area contributed by atoms with E-state index in [9.17, 15) is 28.8 Å². The maximum atomic E-state index is 14.0. The number of amides is 2. The van der Waals surface area contributed by atoms with E-state index in [4.69, 9.17) is 21.1 Å². The van der Waals surface area contributed by atoms with Crippen molar-refractivity contribution < 1.29 is 38.2 Å². The Kier molecular flexibility index (Phi) is 14.8. The van der Waals surface area contributed by atoms with Crippen LogP contribution in [0.4, 0.5) is 0 Å². The number of benzene rings is 2. The van der Waals surface area contributed by atoms with Crippen LogP contribution in [-0.2, 0) is 39.9 Å². The molecule has 2 amide bonds. The highest BCUT2D eigenvalue weighted by molar-refractivity contribution is 6.31. The topological polar surface area (TPSA) is 161 Å². The fourth-order valence-electron chi connectivity index (χ4n) is 5.61. The lowest BCUT2D eigenvalue weighted by atomic mass is 9.90. The summed E-state index contributed by atoms with van der Waals surface area (Å²) in [6.07, 6.45) is -0.825. The molecule has 0 spiro atoms. The molecule has 3 atom stereocenters. The molecule has 0 fully saturated rings. The Hall–Kier alpha value is -4.51. The summed E-state index contributed by atoms with van der Waals surface area (Å²) in [7, 11) is 0. The van der Waals surface area contributed by atoms with Crippen molar-refractivity contribution >= 4 is 57.8 Å². The molecule has 0 aliphatic heterocycles. The second kappa shape index (κ2) is 18.3. The Labute approximate surface area is 310 Å². The minimum Gasteiger partial charge on any atom is -0.460 e. The molecule has 3 N–H and O–H groups in total. The maximum absolute atomic E-state index is 14.0. The maximum Gasteiger partial charge on any atom is 0.307 e. The molecule has 1 aromatic heterocycles. The molecular formula is C40H52ClN3O8. The van der Waals surface area contributed by atoms with E-state index in [1.54, 1.807) is 90.1 Å². The van der Waals surface area contributed by atoms with Gasteiger partial charge in [0.05, 0.1) is 24.4 Å². The van der Waals surface area contributed by atoms with Crippen molar-refractivity contribution in [3.05, 3.63) is 70.9 Å². The third-order valence-corrected chi connectivity index (χ3v) is 8.10. The van der Waals surface area contributed by atoms with Crippen molar-refractivity contribution in [2.75, 3.05) is 0 Å². The number of carbonyl (C=O) groups excluding carboxylic acids is 6. The molecule has 0 saturated carbocycles. The van der Waals surface area contributed by atoms with E-state index in [0.717, 1.165) is 10.9 Å². The Morgan fingerprint density at radius 1 is 0.769 bits per heavy atom. The van der Waals surface area contributed by atoms with Crippen LogP contribution in [-0.4, -0.2) is 63.6 Å². The first kappa shape index (κ1) is 41.9. The zero-order valence-electron chi connectivity index (χ0n) is 31.4. The smallest absolute Gasteiger partial charge is 0.307 e. The summed E-state index contributed by atoms with van der Waals surface area (Å²) in [6, 6.07) is 13.7. The monoisotopic (exact) mass is 737 g/mol. The number of aromatic nitrogens is 1. The van der Waals surface area contributed by atoms with E-state index in [-0.39, 0.29) is 43.1 Å². The molecule has 0 radical (unpaired) electrons. The van der Waals surface area contributed by atoms with Gasteiger partial charge >= 0.3 is 11.9 Å². The molecular weight excluding hydrogens is 686 g/mol. The van der Waals surface area contributed by atoms with Gasteiger partial charge in [-0.2, -0.15) is 0 Å². The predicted molar refractivity (Wildman–Crippen MR) is 200 cm³/mol. The molecule has 12 heteroatoms. The van der Waals surface area contributed by atoms with Crippen molar-refractivity contribution in [1.29, 1.82) is 0 Å². The van der Waals surface area contributed by atoms with Gasteiger partial charge in [-0.1, -0.05) is 55.8 Å². The summed E-state index contributed by atoms with van der Waals surface area (Å²) in [5.41, 5.74) is 0.0360. The first-order chi connectivity index (χ1) is 24.2. The summed E-state index contributed by atoms with van der Waals surface area (Å²) in [6.45, 7) is 14.0. The Bertz CT molecular complexity index is 1740. The standard InChI is InChI=1S/C40H52ClN3O8/c1-24(2)18-31(44-38(50)32-21-26-20-28(41)14-15-29(26)42-32)34(46)22-27(23-36(48)52-40(6,7)8)37(49)43-30(16-17-35(47)51-39(3,4)5)33(45)19-25-12-10-9-11-13-25/h9-15,20-21,24,27,30-31,42H,16-19,22-23H2,1-8H3,(H,43,49)(H,44,50)/t27-,30-,31-/m0/s1. The van der Waals surface area contributed by atoms with Gasteiger partial charge in [0.15, 0.2) is 11.6 Å². The van der Waals surface area contributed by atoms with Crippen molar-refractivity contribution in [3.8, 4) is 0 Å². The molecule has 3 rings (SSSR count). The van der Waals surface area contributed by atoms with E-state index in [1.807, 2.05) is 19.9 Å². The number of fused-ring (bicyclic) bond motifs is 1. The average molecular weight is 738 g/mol. The number of esters is 2. The van der Waals surface area contributed by atoms with Crippen LogP contribution in [0, 0.1) is 11.8 Å². The highest BCUT2D eigenvalue weighted by atomic mass is 35.5. The lowest BCUT2D eigenvalue weighted by Gasteiger charge is -2.26. The number of hydrogen-bond acceptors (Lipinski definition) is 8. The van der Waals surface area contributed by atoms with Crippen molar-refractivity contribution in [3.63, 3.8) is 0 Å². The fourth-order valence-corrected chi connectivity index (χ4v) is 5.79. The SMILES string of the molecule is CC(C)C[C@H](NC(=O)c1cc2cc(Cl)ccc2[nH]1)C(=O)C[C@@H](CC(=O)OC(C)(C)C)C(=O)N[C@@H](CCC(=O)OC(C)(C)C)C(=O)Cc1ccccc1. The van der Waals surface area contributed by atoms with Crippen molar-refractivity contribution in [2.45, 2.75) is 117 Å². The fraction of sp³-hybridized carbons (Fsp3) is 0.500. The van der Waals surface area contributed by atoms with Gasteiger partial charge in [-0.05, 0) is 90.1 Å². The van der Waals surface area contributed by atoms with Crippen LogP contribution in [0.25, 0.3) is 10.9 Å². The second-order valence-corrected chi connectivity index (χ2v) is 16.0. The third kappa shape index (κ3) is 14.3. The molecule has 1 heterocycles. The van der Waals surface area contributed by atoms with Crippen LogP contribution in [0.2, 0.25) is 5.02 Å². The van der Waals surface area contributed by atoms with Crippen LogP contribution < -0.4 is 10.6 Å². The quantitative estimate of drug-likeness (QED) is 0.129. The Morgan fingerprint density at radius 2 is 1.40 bits per heavy atom. The minimum absolute atomic E-state index is 0.0123. The second-order valence-electron chi connectivity index (χ2n) is 15.5. The number of halogens is 1. The number of hydrogen-bond donors (Lipinski definition) is 3. The van der Waals surface area contributed by atoms with Crippen molar-refractivity contribution in [2.24, 2.45) is 11.8 Å². The first-order valence-electron chi connectivity index (χ1n) is 17.6. The number of carbonyl (C=O) groups is 6. The third-order valence-electron chi connectivity index (χ3n) is 7.86. The highest BCUT2D eigenvalue weighted by Crippen LogP contribution is 2.22. The van der Waals surface area contributed by atoms with E-state index in [2.05, 4.69) is 15.6 Å². The van der Waals surface area contributed by atoms with Crippen LogP contribution in [0.15, 0.2) is 54.6 Å². The van der Waals surface area contributed by atoms with Gasteiger partial charge in [0.25, 0.3) is 5.91 Å². The molecule has 0 unspecified atom stereocenters. The number of Topliss-reactive ketones (excluding diaryl/α,β-unsaturated/α-hetero) is 2. The van der Waals surface area contributed by atoms with Crippen molar-refractivity contribution in [1.82, 2.24) is 15.6 Å². The molecule has 2 aromatic carbocycles. The summed E-state index contributed by atoms with van der Waals surface area (Å²) in [4.78, 5) is 83.6. The van der Waals surface area contributed by atoms with Crippen LogP contribution in [0.1, 0.15) is 104 Å². The number of ketones is 2. The minimum atomic E-state index is -1.24. The highest BCUT2D eigenvalue weighted by Gasteiger charge is 2.34. The van der Waals surface area contributed by atoms with Gasteiger partial charge in [0.2, 0.25) is 5.91 Å².